The van der Waals surface area contributed by atoms with Gasteiger partial charge < -0.3 is 14.2 Å². The lowest BCUT2D eigenvalue weighted by Gasteiger charge is -2.23. The minimum Gasteiger partial charge on any atom is -0.381 e. The second-order valence-corrected chi connectivity index (χ2v) is 6.21. The van der Waals surface area contributed by atoms with Gasteiger partial charge in [0.1, 0.15) is 4.88 Å². The number of hydrogen-bond donors (Lipinski definition) is 0. The molecule has 0 saturated carbocycles. The number of thiophene rings is 1. The summed E-state index contributed by atoms with van der Waals surface area (Å²) in [7, 11) is 0. The van der Waals surface area contributed by atoms with Crippen LogP contribution in [0.2, 0.25) is 0 Å². The van der Waals surface area contributed by atoms with Crippen molar-refractivity contribution >= 4 is 17.2 Å². The van der Waals surface area contributed by atoms with E-state index in [0.29, 0.717) is 5.92 Å². The fraction of sp³-hybridized carbons (Fsp3) is 0.438. The number of hydrogen-bond acceptors (Lipinski definition) is 3. The lowest BCUT2D eigenvalue weighted by atomic mass is 10.1. The van der Waals surface area contributed by atoms with Crippen LogP contribution in [0.25, 0.3) is 5.69 Å². The Morgan fingerprint density at radius 1 is 1.48 bits per heavy atom. The van der Waals surface area contributed by atoms with Crippen LogP contribution >= 0.6 is 11.3 Å². The molecular weight excluding hydrogens is 284 g/mol. The summed E-state index contributed by atoms with van der Waals surface area (Å²) in [6.07, 6.45) is 5.00. The molecule has 1 saturated heterocycles. The summed E-state index contributed by atoms with van der Waals surface area (Å²) in [5.41, 5.74) is 0.969. The van der Waals surface area contributed by atoms with Gasteiger partial charge >= 0.3 is 0 Å². The molecule has 1 atom stereocenters. The largest absolute Gasteiger partial charge is 0.381 e. The highest BCUT2D eigenvalue weighted by atomic mass is 32.1. The SMILES string of the molecule is CCN(C[C@@H]1CCOC1)C(=O)c1sccc1-n1cccc1. The summed E-state index contributed by atoms with van der Waals surface area (Å²) in [5.74, 6) is 0.604. The minimum absolute atomic E-state index is 0.128. The summed E-state index contributed by atoms with van der Waals surface area (Å²) in [5, 5.41) is 1.98. The lowest BCUT2D eigenvalue weighted by molar-refractivity contribution is 0.0735. The standard InChI is InChI=1S/C16H20N2O2S/c1-2-17(11-13-5-9-20-12-13)16(19)15-14(6-10-21-15)18-7-3-4-8-18/h3-4,6-8,10,13H,2,5,9,11-12H2,1H3/t13-/m0/s1. The van der Waals surface area contributed by atoms with E-state index in [1.165, 1.54) is 11.3 Å². The van der Waals surface area contributed by atoms with Crippen LogP contribution in [-0.4, -0.2) is 41.7 Å². The molecule has 0 radical (unpaired) electrons. The molecule has 0 bridgehead atoms. The van der Waals surface area contributed by atoms with Crippen molar-refractivity contribution in [3.05, 3.63) is 40.8 Å². The Labute approximate surface area is 128 Å². The molecule has 1 amide bonds. The maximum Gasteiger partial charge on any atom is 0.266 e. The van der Waals surface area contributed by atoms with E-state index in [2.05, 4.69) is 0 Å². The van der Waals surface area contributed by atoms with Crippen LogP contribution in [-0.2, 0) is 4.74 Å². The van der Waals surface area contributed by atoms with Gasteiger partial charge in [0.2, 0.25) is 0 Å². The molecular formula is C16H20N2O2S. The van der Waals surface area contributed by atoms with Gasteiger partial charge in [-0.1, -0.05) is 0 Å². The van der Waals surface area contributed by atoms with Gasteiger partial charge in [0.05, 0.1) is 12.3 Å². The number of carbonyl (C=O) groups is 1. The van der Waals surface area contributed by atoms with Crippen molar-refractivity contribution in [1.29, 1.82) is 0 Å². The van der Waals surface area contributed by atoms with E-state index < -0.39 is 0 Å². The lowest BCUT2D eigenvalue weighted by Crippen LogP contribution is -2.35. The Kier molecular flexibility index (Phi) is 4.41. The first-order valence-electron chi connectivity index (χ1n) is 7.37. The second-order valence-electron chi connectivity index (χ2n) is 5.30. The van der Waals surface area contributed by atoms with Crippen LogP contribution < -0.4 is 0 Å². The molecule has 5 heteroatoms. The van der Waals surface area contributed by atoms with Crippen molar-refractivity contribution in [3.8, 4) is 5.69 Å². The van der Waals surface area contributed by atoms with Crippen LogP contribution in [0.5, 0.6) is 0 Å². The highest BCUT2D eigenvalue weighted by Crippen LogP contribution is 2.24. The van der Waals surface area contributed by atoms with Crippen LogP contribution in [0, 0.1) is 5.92 Å². The van der Waals surface area contributed by atoms with E-state index in [0.717, 1.165) is 43.3 Å². The molecule has 0 spiro atoms. The molecule has 3 heterocycles. The Balaban J connectivity index is 1.78. The topological polar surface area (TPSA) is 34.5 Å². The Morgan fingerprint density at radius 3 is 2.95 bits per heavy atom. The molecule has 21 heavy (non-hydrogen) atoms. The number of carbonyl (C=O) groups excluding carboxylic acids is 1. The molecule has 1 aliphatic heterocycles. The van der Waals surface area contributed by atoms with Gasteiger partial charge in [0.15, 0.2) is 0 Å². The van der Waals surface area contributed by atoms with Crippen LogP contribution in [0.4, 0.5) is 0 Å². The van der Waals surface area contributed by atoms with Gasteiger partial charge in [-0.05, 0) is 36.9 Å². The van der Waals surface area contributed by atoms with Crippen molar-refractivity contribution in [2.24, 2.45) is 5.92 Å². The van der Waals surface area contributed by atoms with E-state index >= 15 is 0 Å². The Morgan fingerprint density at radius 2 is 2.29 bits per heavy atom. The zero-order valence-electron chi connectivity index (χ0n) is 12.2. The van der Waals surface area contributed by atoms with E-state index in [9.17, 15) is 4.79 Å². The Bertz CT molecular complexity index is 585. The quantitative estimate of drug-likeness (QED) is 0.851. The number of rotatable bonds is 5. The molecule has 4 nitrogen and oxygen atoms in total. The summed E-state index contributed by atoms with van der Waals surface area (Å²) in [6, 6.07) is 5.95. The summed E-state index contributed by atoms with van der Waals surface area (Å²) < 4.78 is 7.41. The van der Waals surface area contributed by atoms with Crippen molar-refractivity contribution in [2.45, 2.75) is 13.3 Å². The molecule has 1 aliphatic rings. The predicted molar refractivity (Wildman–Crippen MR) is 84.1 cm³/mol. The number of amides is 1. The van der Waals surface area contributed by atoms with Crippen molar-refractivity contribution in [1.82, 2.24) is 9.47 Å². The third-order valence-electron chi connectivity index (χ3n) is 3.89. The van der Waals surface area contributed by atoms with Gasteiger partial charge in [-0.2, -0.15) is 0 Å². The van der Waals surface area contributed by atoms with Gasteiger partial charge in [0, 0.05) is 38.0 Å². The van der Waals surface area contributed by atoms with Gasteiger partial charge in [-0.25, -0.2) is 0 Å². The van der Waals surface area contributed by atoms with E-state index in [1.54, 1.807) is 0 Å². The first kappa shape index (κ1) is 14.4. The van der Waals surface area contributed by atoms with Gasteiger partial charge in [-0.15, -0.1) is 11.3 Å². The van der Waals surface area contributed by atoms with E-state index in [-0.39, 0.29) is 5.91 Å². The van der Waals surface area contributed by atoms with Crippen molar-refractivity contribution < 1.29 is 9.53 Å². The number of ether oxygens (including phenoxy) is 1. The monoisotopic (exact) mass is 304 g/mol. The smallest absolute Gasteiger partial charge is 0.266 e. The number of nitrogens with zero attached hydrogens (tertiary/aromatic N) is 2. The summed E-state index contributed by atoms with van der Waals surface area (Å²) >= 11 is 1.51. The molecule has 0 aromatic carbocycles. The van der Waals surface area contributed by atoms with Crippen molar-refractivity contribution in [3.63, 3.8) is 0 Å². The fourth-order valence-electron chi connectivity index (χ4n) is 2.70. The van der Waals surface area contributed by atoms with Gasteiger partial charge in [0.25, 0.3) is 5.91 Å². The van der Waals surface area contributed by atoms with E-state index in [1.807, 2.05) is 52.4 Å². The fourth-order valence-corrected chi connectivity index (χ4v) is 3.56. The third kappa shape index (κ3) is 3.04. The average molecular weight is 304 g/mol. The molecule has 3 rings (SSSR count). The van der Waals surface area contributed by atoms with E-state index in [4.69, 9.17) is 4.74 Å². The normalized spacial score (nSPS) is 18.0. The second kappa shape index (κ2) is 6.45. The highest BCUT2D eigenvalue weighted by Gasteiger charge is 2.24. The Hall–Kier alpha value is -1.59. The number of aromatic nitrogens is 1. The molecule has 112 valence electrons. The first-order valence-corrected chi connectivity index (χ1v) is 8.25. The van der Waals surface area contributed by atoms with Crippen molar-refractivity contribution in [2.75, 3.05) is 26.3 Å². The molecule has 2 aromatic heterocycles. The molecule has 2 aromatic rings. The summed E-state index contributed by atoms with van der Waals surface area (Å²) in [6.45, 7) is 5.16. The molecule has 0 unspecified atom stereocenters. The maximum absolute atomic E-state index is 12.8. The molecule has 0 N–H and O–H groups in total. The third-order valence-corrected chi connectivity index (χ3v) is 4.78. The van der Waals surface area contributed by atoms with Crippen LogP contribution in [0.1, 0.15) is 23.0 Å². The summed E-state index contributed by atoms with van der Waals surface area (Å²) in [4.78, 5) is 15.6. The maximum atomic E-state index is 12.8. The zero-order chi connectivity index (χ0) is 14.7. The predicted octanol–water partition coefficient (Wildman–Crippen LogP) is 3.04. The highest BCUT2D eigenvalue weighted by molar-refractivity contribution is 7.12. The average Bonchev–Trinajstić information content (AvgIpc) is 3.25. The van der Waals surface area contributed by atoms with Gasteiger partial charge in [-0.3, -0.25) is 4.79 Å². The van der Waals surface area contributed by atoms with Crippen LogP contribution in [0.3, 0.4) is 0 Å². The van der Waals surface area contributed by atoms with Crippen LogP contribution in [0.15, 0.2) is 36.0 Å². The zero-order valence-corrected chi connectivity index (χ0v) is 13.0. The molecule has 0 aliphatic carbocycles. The molecule has 1 fully saturated rings. The minimum atomic E-state index is 0.128. The first-order chi connectivity index (χ1) is 10.3.